The smallest absolute Gasteiger partial charge is 0.0230 e. The van der Waals surface area contributed by atoms with E-state index in [4.69, 9.17) is 0 Å². The Balaban J connectivity index is 1.81. The summed E-state index contributed by atoms with van der Waals surface area (Å²) in [7, 11) is 2.24. The highest BCUT2D eigenvalue weighted by Gasteiger charge is 2.27. The number of nitrogens with zero attached hydrogens (tertiary/aromatic N) is 1. The van der Waals surface area contributed by atoms with E-state index in [1.165, 1.54) is 31.4 Å². The Hall–Kier alpha value is -0.860. The van der Waals surface area contributed by atoms with E-state index in [0.29, 0.717) is 0 Å². The van der Waals surface area contributed by atoms with Gasteiger partial charge in [-0.25, -0.2) is 0 Å². The van der Waals surface area contributed by atoms with E-state index in [1.807, 2.05) is 0 Å². The number of hydrogen-bond acceptors (Lipinski definition) is 2. The largest absolute Gasteiger partial charge is 0.314 e. The van der Waals surface area contributed by atoms with Gasteiger partial charge in [-0.2, -0.15) is 0 Å². The minimum atomic E-state index is 0.744. The molecule has 0 saturated heterocycles. The molecule has 0 aliphatic heterocycles. The lowest BCUT2D eigenvalue weighted by molar-refractivity contribution is 0.246. The Morgan fingerprint density at radius 3 is 2.72 bits per heavy atom. The predicted octanol–water partition coefficient (Wildman–Crippen LogP) is 2.90. The van der Waals surface area contributed by atoms with Crippen molar-refractivity contribution in [2.45, 2.75) is 38.8 Å². The molecule has 1 aliphatic rings. The van der Waals surface area contributed by atoms with Crippen molar-refractivity contribution in [3.05, 3.63) is 35.9 Å². The third kappa shape index (κ3) is 3.82. The molecule has 2 nitrogen and oxygen atoms in total. The van der Waals surface area contributed by atoms with E-state index in [-0.39, 0.29) is 0 Å². The first-order chi connectivity index (χ1) is 8.79. The topological polar surface area (TPSA) is 15.3 Å². The molecular formula is C16H26N2. The van der Waals surface area contributed by atoms with Gasteiger partial charge in [0.1, 0.15) is 0 Å². The van der Waals surface area contributed by atoms with Gasteiger partial charge in [0.05, 0.1) is 0 Å². The second-order valence-corrected chi connectivity index (χ2v) is 5.54. The Labute approximate surface area is 111 Å². The summed E-state index contributed by atoms with van der Waals surface area (Å²) in [6.45, 7) is 5.59. The van der Waals surface area contributed by atoms with Crippen LogP contribution in [0.2, 0.25) is 0 Å². The molecule has 2 unspecified atom stereocenters. The molecule has 1 aromatic rings. The molecule has 2 heteroatoms. The first-order valence-electron chi connectivity index (χ1n) is 7.25. The van der Waals surface area contributed by atoms with Gasteiger partial charge in [-0.1, -0.05) is 43.7 Å². The van der Waals surface area contributed by atoms with Gasteiger partial charge in [-0.15, -0.1) is 0 Å². The van der Waals surface area contributed by atoms with Gasteiger partial charge in [0.2, 0.25) is 0 Å². The van der Waals surface area contributed by atoms with Crippen LogP contribution >= 0.6 is 0 Å². The van der Waals surface area contributed by atoms with Gasteiger partial charge in [-0.05, 0) is 37.9 Å². The second-order valence-electron chi connectivity index (χ2n) is 5.54. The number of rotatable bonds is 6. The highest BCUT2D eigenvalue weighted by atomic mass is 15.1. The summed E-state index contributed by atoms with van der Waals surface area (Å²) in [6, 6.07) is 11.5. The van der Waals surface area contributed by atoms with Crippen LogP contribution in [-0.4, -0.2) is 31.1 Å². The number of benzene rings is 1. The molecule has 1 N–H and O–H groups in total. The molecule has 2 rings (SSSR count). The average molecular weight is 246 g/mol. The average Bonchev–Trinajstić information content (AvgIpc) is 2.78. The van der Waals surface area contributed by atoms with Gasteiger partial charge in [0.25, 0.3) is 0 Å². The van der Waals surface area contributed by atoms with E-state index in [0.717, 1.165) is 25.0 Å². The van der Waals surface area contributed by atoms with E-state index in [1.54, 1.807) is 0 Å². The summed E-state index contributed by atoms with van der Waals surface area (Å²) < 4.78 is 0. The first-order valence-corrected chi connectivity index (χ1v) is 7.25. The molecule has 2 atom stereocenters. The Kier molecular flexibility index (Phi) is 5.21. The summed E-state index contributed by atoms with van der Waals surface area (Å²) in [5.41, 5.74) is 1.41. The van der Waals surface area contributed by atoms with Crippen molar-refractivity contribution < 1.29 is 0 Å². The fourth-order valence-corrected chi connectivity index (χ4v) is 3.15. The van der Waals surface area contributed by atoms with Crippen molar-refractivity contribution in [1.82, 2.24) is 10.2 Å². The third-order valence-corrected chi connectivity index (χ3v) is 3.97. The minimum absolute atomic E-state index is 0.744. The maximum atomic E-state index is 3.64. The standard InChI is InChI=1S/C16H26N2/c1-3-17-16-11-7-10-15(16)13-18(2)12-14-8-5-4-6-9-14/h4-6,8-9,15-17H,3,7,10-13H2,1-2H3. The summed E-state index contributed by atoms with van der Waals surface area (Å²) in [5, 5.41) is 3.64. The molecule has 0 spiro atoms. The molecule has 18 heavy (non-hydrogen) atoms. The maximum absolute atomic E-state index is 3.64. The SMILES string of the molecule is CCNC1CCCC1CN(C)Cc1ccccc1. The van der Waals surface area contributed by atoms with Crippen LogP contribution in [0.3, 0.4) is 0 Å². The van der Waals surface area contributed by atoms with Crippen LogP contribution < -0.4 is 5.32 Å². The van der Waals surface area contributed by atoms with Crippen LogP contribution in [0.15, 0.2) is 30.3 Å². The highest BCUT2D eigenvalue weighted by molar-refractivity contribution is 5.14. The molecule has 0 bridgehead atoms. The van der Waals surface area contributed by atoms with E-state index in [2.05, 4.69) is 54.5 Å². The van der Waals surface area contributed by atoms with Crippen molar-refractivity contribution in [1.29, 1.82) is 0 Å². The van der Waals surface area contributed by atoms with E-state index >= 15 is 0 Å². The molecule has 0 amide bonds. The molecule has 0 aromatic heterocycles. The van der Waals surface area contributed by atoms with Crippen LogP contribution in [0.5, 0.6) is 0 Å². The lowest BCUT2D eigenvalue weighted by atomic mass is 10.0. The predicted molar refractivity (Wildman–Crippen MR) is 77.6 cm³/mol. The maximum Gasteiger partial charge on any atom is 0.0230 e. The summed E-state index contributed by atoms with van der Waals surface area (Å²) in [6.07, 6.45) is 4.13. The molecule has 0 radical (unpaired) electrons. The number of nitrogens with one attached hydrogen (secondary N) is 1. The van der Waals surface area contributed by atoms with Gasteiger partial charge >= 0.3 is 0 Å². The number of hydrogen-bond donors (Lipinski definition) is 1. The lowest BCUT2D eigenvalue weighted by Gasteiger charge is -2.26. The summed E-state index contributed by atoms with van der Waals surface area (Å²) in [5.74, 6) is 0.832. The highest BCUT2D eigenvalue weighted by Crippen LogP contribution is 2.26. The molecule has 1 fully saturated rings. The molecule has 1 saturated carbocycles. The van der Waals surface area contributed by atoms with Crippen LogP contribution in [0.4, 0.5) is 0 Å². The third-order valence-electron chi connectivity index (χ3n) is 3.97. The zero-order chi connectivity index (χ0) is 12.8. The van der Waals surface area contributed by atoms with E-state index < -0.39 is 0 Å². The minimum Gasteiger partial charge on any atom is -0.314 e. The van der Waals surface area contributed by atoms with Gasteiger partial charge in [0, 0.05) is 19.1 Å². The zero-order valence-electron chi connectivity index (χ0n) is 11.7. The molecule has 1 aliphatic carbocycles. The van der Waals surface area contributed by atoms with Gasteiger partial charge in [-0.3, -0.25) is 0 Å². The van der Waals surface area contributed by atoms with Crippen molar-refractivity contribution in [3.63, 3.8) is 0 Å². The lowest BCUT2D eigenvalue weighted by Crippen LogP contribution is -2.37. The first kappa shape index (κ1) is 13.6. The van der Waals surface area contributed by atoms with Crippen molar-refractivity contribution in [2.75, 3.05) is 20.1 Å². The van der Waals surface area contributed by atoms with Crippen molar-refractivity contribution in [3.8, 4) is 0 Å². The monoisotopic (exact) mass is 246 g/mol. The summed E-state index contributed by atoms with van der Waals surface area (Å²) >= 11 is 0. The van der Waals surface area contributed by atoms with Crippen molar-refractivity contribution in [2.24, 2.45) is 5.92 Å². The van der Waals surface area contributed by atoms with Crippen molar-refractivity contribution >= 4 is 0 Å². The molecule has 100 valence electrons. The zero-order valence-corrected chi connectivity index (χ0v) is 11.7. The molecule has 0 heterocycles. The fraction of sp³-hybridized carbons (Fsp3) is 0.625. The molecular weight excluding hydrogens is 220 g/mol. The second kappa shape index (κ2) is 6.91. The van der Waals surface area contributed by atoms with Crippen LogP contribution in [-0.2, 0) is 6.54 Å². The van der Waals surface area contributed by atoms with Gasteiger partial charge in [0.15, 0.2) is 0 Å². The van der Waals surface area contributed by atoms with Gasteiger partial charge < -0.3 is 10.2 Å². The Bertz CT molecular complexity index is 336. The van der Waals surface area contributed by atoms with Crippen LogP contribution in [0.25, 0.3) is 0 Å². The van der Waals surface area contributed by atoms with Crippen LogP contribution in [0.1, 0.15) is 31.7 Å². The molecule has 1 aromatic carbocycles. The normalized spacial score (nSPS) is 23.7. The summed E-state index contributed by atoms with van der Waals surface area (Å²) in [4.78, 5) is 2.47. The van der Waals surface area contributed by atoms with E-state index in [9.17, 15) is 0 Å². The quantitative estimate of drug-likeness (QED) is 0.830. The van der Waals surface area contributed by atoms with Crippen LogP contribution in [0, 0.1) is 5.92 Å². The fourth-order valence-electron chi connectivity index (χ4n) is 3.15. The Morgan fingerprint density at radius 2 is 2.00 bits per heavy atom. The Morgan fingerprint density at radius 1 is 1.22 bits per heavy atom.